The number of halogens is 1. The molecule has 1 aromatic rings. The van der Waals surface area contributed by atoms with Crippen LogP contribution in [-0.4, -0.2) is 15.2 Å². The average Bonchev–Trinajstić information content (AvgIpc) is 1.85. The van der Waals surface area contributed by atoms with Crippen LogP contribution in [0.15, 0.2) is 6.07 Å². The van der Waals surface area contributed by atoms with Gasteiger partial charge in [-0.1, -0.05) is 0 Å². The minimum absolute atomic E-state index is 0.375. The second-order valence-corrected chi connectivity index (χ2v) is 1.35. The van der Waals surface area contributed by atoms with E-state index in [1.165, 1.54) is 0 Å². The van der Waals surface area contributed by atoms with E-state index in [1.807, 2.05) is 4.98 Å². The summed E-state index contributed by atoms with van der Waals surface area (Å²) in [7, 11) is 0. The molecule has 0 bridgehead atoms. The SMILES string of the molecule is Oc1cc(F)c(O)[nH]1. The maximum Gasteiger partial charge on any atom is 0.228 e. The summed E-state index contributed by atoms with van der Waals surface area (Å²) in [6.45, 7) is 0. The highest BCUT2D eigenvalue weighted by Crippen LogP contribution is 2.18. The molecule has 1 aromatic heterocycles. The van der Waals surface area contributed by atoms with Gasteiger partial charge in [0, 0.05) is 6.07 Å². The number of H-pyrrole nitrogens is 1. The van der Waals surface area contributed by atoms with Gasteiger partial charge in [-0.3, -0.25) is 4.98 Å². The fourth-order valence-electron chi connectivity index (χ4n) is 0.405. The Labute approximate surface area is 44.4 Å². The molecule has 0 radical (unpaired) electrons. The van der Waals surface area contributed by atoms with Gasteiger partial charge in [0.1, 0.15) is 0 Å². The summed E-state index contributed by atoms with van der Waals surface area (Å²) in [5, 5.41) is 16.7. The van der Waals surface area contributed by atoms with E-state index < -0.39 is 11.7 Å². The molecule has 1 rings (SSSR count). The van der Waals surface area contributed by atoms with Crippen molar-refractivity contribution in [1.29, 1.82) is 0 Å². The highest BCUT2D eigenvalue weighted by atomic mass is 19.1. The first-order chi connectivity index (χ1) is 3.70. The predicted octanol–water partition coefficient (Wildman–Crippen LogP) is 0.565. The van der Waals surface area contributed by atoms with Crippen molar-refractivity contribution in [3.63, 3.8) is 0 Å². The second kappa shape index (κ2) is 1.40. The molecule has 0 aliphatic carbocycles. The molecular formula is C4H4FNO2. The zero-order valence-corrected chi connectivity index (χ0v) is 3.85. The largest absolute Gasteiger partial charge is 0.494 e. The Bertz CT molecular complexity index is 176. The summed E-state index contributed by atoms with van der Waals surface area (Å²) in [6.07, 6.45) is 0. The Morgan fingerprint density at radius 2 is 2.12 bits per heavy atom. The standard InChI is InChI=1S/C4H4FNO2/c5-2-1-3(7)6-4(2)8/h1,6-8H. The van der Waals surface area contributed by atoms with Crippen molar-refractivity contribution in [3.8, 4) is 11.8 Å². The molecule has 0 unspecified atom stereocenters. The third-order valence-corrected chi connectivity index (χ3v) is 0.736. The van der Waals surface area contributed by atoms with Crippen LogP contribution in [0.3, 0.4) is 0 Å². The molecule has 4 heteroatoms. The number of rotatable bonds is 0. The van der Waals surface area contributed by atoms with Gasteiger partial charge in [0.15, 0.2) is 11.7 Å². The van der Waals surface area contributed by atoms with Crippen molar-refractivity contribution in [2.75, 3.05) is 0 Å². The van der Waals surface area contributed by atoms with Gasteiger partial charge in [0.05, 0.1) is 0 Å². The summed E-state index contributed by atoms with van der Waals surface area (Å²) < 4.78 is 11.9. The van der Waals surface area contributed by atoms with Gasteiger partial charge in [-0.05, 0) is 0 Å². The van der Waals surface area contributed by atoms with E-state index in [1.54, 1.807) is 0 Å². The van der Waals surface area contributed by atoms with Crippen LogP contribution in [-0.2, 0) is 0 Å². The van der Waals surface area contributed by atoms with Crippen molar-refractivity contribution in [3.05, 3.63) is 11.9 Å². The van der Waals surface area contributed by atoms with Crippen LogP contribution >= 0.6 is 0 Å². The van der Waals surface area contributed by atoms with Gasteiger partial charge in [-0.25, -0.2) is 4.39 Å². The van der Waals surface area contributed by atoms with Crippen molar-refractivity contribution < 1.29 is 14.6 Å². The molecule has 1 heterocycles. The molecule has 0 aliphatic rings. The molecule has 0 fully saturated rings. The molecule has 0 saturated carbocycles. The molecule has 3 N–H and O–H groups in total. The lowest BCUT2D eigenvalue weighted by Crippen LogP contribution is -1.62. The van der Waals surface area contributed by atoms with Gasteiger partial charge < -0.3 is 10.2 Å². The number of hydrogen-bond acceptors (Lipinski definition) is 2. The van der Waals surface area contributed by atoms with Crippen molar-refractivity contribution in [2.24, 2.45) is 0 Å². The fraction of sp³-hybridized carbons (Fsp3) is 0. The first-order valence-corrected chi connectivity index (χ1v) is 1.96. The number of hydrogen-bond donors (Lipinski definition) is 3. The van der Waals surface area contributed by atoms with E-state index in [9.17, 15) is 4.39 Å². The predicted molar refractivity (Wildman–Crippen MR) is 24.1 cm³/mol. The van der Waals surface area contributed by atoms with Crippen molar-refractivity contribution in [2.45, 2.75) is 0 Å². The molecule has 0 aliphatic heterocycles. The Morgan fingerprint density at radius 1 is 1.50 bits per heavy atom. The Balaban J connectivity index is 3.14. The van der Waals surface area contributed by atoms with Crippen LogP contribution in [0, 0.1) is 5.82 Å². The smallest absolute Gasteiger partial charge is 0.228 e. The van der Waals surface area contributed by atoms with Gasteiger partial charge >= 0.3 is 0 Å². The van der Waals surface area contributed by atoms with E-state index in [0.717, 1.165) is 6.07 Å². The van der Waals surface area contributed by atoms with E-state index in [4.69, 9.17) is 10.2 Å². The van der Waals surface area contributed by atoms with Gasteiger partial charge in [-0.15, -0.1) is 0 Å². The van der Waals surface area contributed by atoms with E-state index in [2.05, 4.69) is 0 Å². The summed E-state index contributed by atoms with van der Waals surface area (Å²) in [6, 6.07) is 0.787. The highest BCUT2D eigenvalue weighted by Gasteiger charge is 2.02. The lowest BCUT2D eigenvalue weighted by molar-refractivity contribution is 0.408. The summed E-state index contributed by atoms with van der Waals surface area (Å²) in [5.74, 6) is -1.86. The molecule has 0 saturated heterocycles. The number of nitrogens with one attached hydrogen (secondary N) is 1. The summed E-state index contributed by atoms with van der Waals surface area (Å²) >= 11 is 0. The molecule has 0 spiro atoms. The first-order valence-electron chi connectivity index (χ1n) is 1.96. The number of aromatic hydroxyl groups is 2. The Hall–Kier alpha value is -1.19. The average molecular weight is 117 g/mol. The van der Waals surface area contributed by atoms with E-state index >= 15 is 0 Å². The Morgan fingerprint density at radius 3 is 2.25 bits per heavy atom. The van der Waals surface area contributed by atoms with Crippen LogP contribution in [0.4, 0.5) is 4.39 Å². The number of aromatic nitrogens is 1. The molecular weight excluding hydrogens is 113 g/mol. The van der Waals surface area contributed by atoms with E-state index in [0.29, 0.717) is 0 Å². The van der Waals surface area contributed by atoms with Crippen molar-refractivity contribution >= 4 is 0 Å². The molecule has 0 atom stereocenters. The third kappa shape index (κ3) is 0.598. The molecule has 44 valence electrons. The van der Waals surface area contributed by atoms with E-state index in [-0.39, 0.29) is 5.88 Å². The monoisotopic (exact) mass is 117 g/mol. The van der Waals surface area contributed by atoms with Crippen LogP contribution in [0.2, 0.25) is 0 Å². The maximum absolute atomic E-state index is 11.9. The second-order valence-electron chi connectivity index (χ2n) is 1.35. The van der Waals surface area contributed by atoms with Crippen LogP contribution in [0.25, 0.3) is 0 Å². The minimum Gasteiger partial charge on any atom is -0.494 e. The van der Waals surface area contributed by atoms with Crippen LogP contribution < -0.4 is 0 Å². The Kier molecular flexibility index (Phi) is 0.865. The first kappa shape index (κ1) is 4.96. The van der Waals surface area contributed by atoms with Crippen LogP contribution in [0.1, 0.15) is 0 Å². The lowest BCUT2D eigenvalue weighted by Gasteiger charge is -1.78. The van der Waals surface area contributed by atoms with Gasteiger partial charge in [0.25, 0.3) is 0 Å². The van der Waals surface area contributed by atoms with Crippen molar-refractivity contribution in [1.82, 2.24) is 4.98 Å². The zero-order valence-electron chi connectivity index (χ0n) is 3.85. The lowest BCUT2D eigenvalue weighted by atomic mass is 10.6. The third-order valence-electron chi connectivity index (χ3n) is 0.736. The minimum atomic E-state index is -0.845. The summed E-state index contributed by atoms with van der Waals surface area (Å²) in [4.78, 5) is 1.94. The quantitative estimate of drug-likeness (QED) is 0.465. The number of aromatic amines is 1. The molecule has 0 aromatic carbocycles. The van der Waals surface area contributed by atoms with Gasteiger partial charge in [-0.2, -0.15) is 0 Å². The fourth-order valence-corrected chi connectivity index (χ4v) is 0.405. The topological polar surface area (TPSA) is 56.2 Å². The van der Waals surface area contributed by atoms with Crippen LogP contribution in [0.5, 0.6) is 11.8 Å². The zero-order chi connectivity index (χ0) is 6.15. The maximum atomic E-state index is 11.9. The molecule has 8 heavy (non-hydrogen) atoms. The molecule has 0 amide bonds. The van der Waals surface area contributed by atoms with Gasteiger partial charge in [0.2, 0.25) is 5.88 Å². The molecule has 3 nitrogen and oxygen atoms in total. The summed E-state index contributed by atoms with van der Waals surface area (Å²) in [5.41, 5.74) is 0. The highest BCUT2D eigenvalue weighted by molar-refractivity contribution is 5.22. The normalized spacial score (nSPS) is 9.62.